The number of methoxy groups -OCH3 is 1. The minimum absolute atomic E-state index is 0.00869. The first-order chi connectivity index (χ1) is 17.0. The Balaban J connectivity index is 1.54. The Bertz CT molecular complexity index is 1330. The Hall–Kier alpha value is -3.66. The second-order valence-corrected chi connectivity index (χ2v) is 9.06. The average molecular weight is 480 g/mol. The third kappa shape index (κ3) is 4.41. The maximum atomic E-state index is 12.8. The van der Waals surface area contributed by atoms with Crippen molar-refractivity contribution in [2.75, 3.05) is 25.2 Å². The fourth-order valence-electron chi connectivity index (χ4n) is 4.82. The number of imidazole rings is 1. The summed E-state index contributed by atoms with van der Waals surface area (Å²) >= 11 is 0. The summed E-state index contributed by atoms with van der Waals surface area (Å²) in [6.45, 7) is 3.60. The van der Waals surface area contributed by atoms with Gasteiger partial charge in [0.2, 0.25) is 5.91 Å². The molecule has 5 rings (SSSR count). The highest BCUT2D eigenvalue weighted by Gasteiger charge is 2.31. The molecular formula is C25H29N5O5. The molecule has 2 amide bonds. The molecule has 10 nitrogen and oxygen atoms in total. The number of carbonyl (C=O) groups excluding carboxylic acids is 2. The summed E-state index contributed by atoms with van der Waals surface area (Å²) < 4.78 is 13.7. The van der Waals surface area contributed by atoms with Crippen LogP contribution >= 0.6 is 0 Å². The Morgan fingerprint density at radius 1 is 1.23 bits per heavy atom. The number of rotatable bonds is 6. The highest BCUT2D eigenvalue weighted by Crippen LogP contribution is 2.36. The first-order valence-corrected chi connectivity index (χ1v) is 11.9. The second kappa shape index (κ2) is 9.53. The van der Waals surface area contributed by atoms with E-state index in [1.807, 2.05) is 29.7 Å². The van der Waals surface area contributed by atoms with E-state index in [2.05, 4.69) is 5.32 Å². The van der Waals surface area contributed by atoms with Crippen LogP contribution in [0.4, 0.5) is 10.5 Å². The summed E-state index contributed by atoms with van der Waals surface area (Å²) in [6.07, 6.45) is 3.37. The lowest BCUT2D eigenvalue weighted by atomic mass is 9.96. The van der Waals surface area contributed by atoms with Gasteiger partial charge in [-0.1, -0.05) is 6.07 Å². The van der Waals surface area contributed by atoms with Crippen LogP contribution in [-0.4, -0.2) is 58.5 Å². The molecule has 0 saturated carbocycles. The van der Waals surface area contributed by atoms with Crippen molar-refractivity contribution in [3.05, 3.63) is 58.3 Å². The zero-order valence-electron chi connectivity index (χ0n) is 19.9. The van der Waals surface area contributed by atoms with Gasteiger partial charge in [0.1, 0.15) is 12.4 Å². The third-order valence-corrected chi connectivity index (χ3v) is 6.74. The van der Waals surface area contributed by atoms with E-state index in [1.165, 1.54) is 13.2 Å². The van der Waals surface area contributed by atoms with Gasteiger partial charge in [0, 0.05) is 36.8 Å². The summed E-state index contributed by atoms with van der Waals surface area (Å²) in [5.41, 5.74) is 3.28. The molecule has 0 unspecified atom stereocenters. The number of anilines is 1. The number of aromatic nitrogens is 3. The molecule has 184 valence electrons. The standard InChI is InChI=1S/C25H29N5O5/c1-16-6-7-18-19(30(16)25(33)34-2)8-9-20-24(18)27-21(10-12-28-11-4-3-5-23(28)32)29(20)13-22(31)26-17-14-35-15-17/h3-5,8-9,11,16-17H,6-7,10,12-15H2,1-2H3,(H,26,31)/t16-/m0/s1. The first kappa shape index (κ1) is 23.1. The van der Waals surface area contributed by atoms with Crippen LogP contribution in [-0.2, 0) is 40.2 Å². The van der Waals surface area contributed by atoms with E-state index in [9.17, 15) is 14.4 Å². The summed E-state index contributed by atoms with van der Waals surface area (Å²) in [5, 5.41) is 2.99. The summed E-state index contributed by atoms with van der Waals surface area (Å²) in [5.74, 6) is 0.602. The normalized spacial score (nSPS) is 17.7. The Labute approximate surface area is 202 Å². The number of carbonyl (C=O) groups is 2. The SMILES string of the molecule is COC(=O)N1c2ccc3c(nc(CCn4ccccc4=O)n3CC(=O)NC3COC3)c2CC[C@@H]1C. The van der Waals surface area contributed by atoms with E-state index in [1.54, 1.807) is 21.7 Å². The number of aryl methyl sites for hydroxylation is 3. The Morgan fingerprint density at radius 2 is 2.06 bits per heavy atom. The zero-order valence-corrected chi connectivity index (χ0v) is 19.9. The molecule has 3 aromatic rings. The van der Waals surface area contributed by atoms with Gasteiger partial charge < -0.3 is 23.9 Å². The predicted molar refractivity (Wildman–Crippen MR) is 130 cm³/mol. The predicted octanol–water partition coefficient (Wildman–Crippen LogP) is 1.86. The number of nitrogens with zero attached hydrogens (tertiary/aromatic N) is 4. The monoisotopic (exact) mass is 479 g/mol. The van der Waals surface area contributed by atoms with Crippen molar-refractivity contribution < 1.29 is 19.1 Å². The van der Waals surface area contributed by atoms with Crippen LogP contribution in [0.2, 0.25) is 0 Å². The van der Waals surface area contributed by atoms with Gasteiger partial charge in [-0.2, -0.15) is 0 Å². The Kier molecular flexibility index (Phi) is 6.29. The molecule has 2 aromatic heterocycles. The zero-order chi connectivity index (χ0) is 24.5. The van der Waals surface area contributed by atoms with Crippen LogP contribution in [0.1, 0.15) is 24.7 Å². The molecule has 1 saturated heterocycles. The van der Waals surface area contributed by atoms with Gasteiger partial charge in [-0.3, -0.25) is 14.5 Å². The molecule has 1 N–H and O–H groups in total. The van der Waals surface area contributed by atoms with Crippen molar-refractivity contribution in [3.63, 3.8) is 0 Å². The van der Waals surface area contributed by atoms with Gasteiger partial charge in [0.25, 0.3) is 5.56 Å². The number of amides is 2. The van der Waals surface area contributed by atoms with E-state index in [0.717, 1.165) is 35.1 Å². The molecule has 4 heterocycles. The highest BCUT2D eigenvalue weighted by atomic mass is 16.5. The fourth-order valence-corrected chi connectivity index (χ4v) is 4.82. The topological polar surface area (TPSA) is 108 Å². The van der Waals surface area contributed by atoms with Crippen molar-refractivity contribution >= 4 is 28.7 Å². The van der Waals surface area contributed by atoms with E-state index in [0.29, 0.717) is 32.0 Å². The van der Waals surface area contributed by atoms with Crippen molar-refractivity contribution in [2.24, 2.45) is 0 Å². The number of hydrogen-bond donors (Lipinski definition) is 1. The molecule has 0 bridgehead atoms. The molecule has 1 atom stereocenters. The van der Waals surface area contributed by atoms with Crippen LogP contribution in [0.25, 0.3) is 11.0 Å². The van der Waals surface area contributed by atoms with E-state index < -0.39 is 6.09 Å². The third-order valence-electron chi connectivity index (χ3n) is 6.74. The van der Waals surface area contributed by atoms with Crippen molar-refractivity contribution in [1.29, 1.82) is 0 Å². The lowest BCUT2D eigenvalue weighted by Crippen LogP contribution is -2.49. The number of nitrogens with one attached hydrogen (secondary N) is 1. The highest BCUT2D eigenvalue weighted by molar-refractivity contribution is 5.95. The van der Waals surface area contributed by atoms with Gasteiger partial charge in [0.05, 0.1) is 43.1 Å². The molecule has 0 spiro atoms. The maximum Gasteiger partial charge on any atom is 0.414 e. The Morgan fingerprint density at radius 3 is 2.77 bits per heavy atom. The minimum Gasteiger partial charge on any atom is -0.452 e. The van der Waals surface area contributed by atoms with E-state index in [-0.39, 0.29) is 30.1 Å². The maximum absolute atomic E-state index is 12.8. The van der Waals surface area contributed by atoms with Crippen LogP contribution in [0.3, 0.4) is 0 Å². The first-order valence-electron chi connectivity index (χ1n) is 11.9. The van der Waals surface area contributed by atoms with Crippen LogP contribution < -0.4 is 15.8 Å². The largest absolute Gasteiger partial charge is 0.452 e. The average Bonchev–Trinajstić information content (AvgIpc) is 3.17. The van der Waals surface area contributed by atoms with E-state index >= 15 is 0 Å². The molecule has 0 radical (unpaired) electrons. The summed E-state index contributed by atoms with van der Waals surface area (Å²) in [4.78, 5) is 44.1. The summed E-state index contributed by atoms with van der Waals surface area (Å²) in [7, 11) is 1.38. The van der Waals surface area contributed by atoms with Crippen molar-refractivity contribution in [3.8, 4) is 0 Å². The molecule has 1 aromatic carbocycles. The number of benzene rings is 1. The molecule has 10 heteroatoms. The van der Waals surface area contributed by atoms with Crippen LogP contribution in [0.5, 0.6) is 0 Å². The number of pyridine rings is 1. The second-order valence-electron chi connectivity index (χ2n) is 9.06. The smallest absolute Gasteiger partial charge is 0.414 e. The fraction of sp³-hybridized carbons (Fsp3) is 0.440. The molecule has 2 aliphatic heterocycles. The van der Waals surface area contributed by atoms with Crippen LogP contribution in [0, 0.1) is 0 Å². The quantitative estimate of drug-likeness (QED) is 0.578. The van der Waals surface area contributed by atoms with Gasteiger partial charge in [-0.05, 0) is 38.0 Å². The van der Waals surface area contributed by atoms with E-state index in [4.69, 9.17) is 14.5 Å². The number of hydrogen-bond acceptors (Lipinski definition) is 6. The van der Waals surface area contributed by atoms with Gasteiger partial charge in [-0.15, -0.1) is 0 Å². The molecular weight excluding hydrogens is 450 g/mol. The molecule has 1 fully saturated rings. The van der Waals surface area contributed by atoms with Gasteiger partial charge >= 0.3 is 6.09 Å². The molecule has 0 aliphatic carbocycles. The lowest BCUT2D eigenvalue weighted by molar-refractivity contribution is -0.125. The van der Waals surface area contributed by atoms with Crippen LogP contribution in [0.15, 0.2) is 41.3 Å². The molecule has 35 heavy (non-hydrogen) atoms. The van der Waals surface area contributed by atoms with Gasteiger partial charge in [0.15, 0.2) is 0 Å². The summed E-state index contributed by atoms with van der Waals surface area (Å²) in [6, 6.07) is 8.91. The van der Waals surface area contributed by atoms with Gasteiger partial charge in [-0.25, -0.2) is 9.78 Å². The lowest BCUT2D eigenvalue weighted by Gasteiger charge is -2.34. The molecule has 2 aliphatic rings. The number of fused-ring (bicyclic) bond motifs is 3. The minimum atomic E-state index is -0.400. The van der Waals surface area contributed by atoms with Crippen molar-refractivity contribution in [1.82, 2.24) is 19.4 Å². The van der Waals surface area contributed by atoms with Crippen molar-refractivity contribution in [2.45, 2.75) is 51.4 Å². The number of ether oxygens (including phenoxy) is 2.